The van der Waals surface area contributed by atoms with Crippen LogP contribution in [-0.2, 0) is 4.84 Å². The van der Waals surface area contributed by atoms with Crippen molar-refractivity contribution >= 4 is 0 Å². The van der Waals surface area contributed by atoms with Gasteiger partial charge in [0, 0.05) is 0 Å². The van der Waals surface area contributed by atoms with Gasteiger partial charge in [0.05, 0.1) is 12.6 Å². The lowest BCUT2D eigenvalue weighted by molar-refractivity contribution is 0.0883. The molecule has 1 aromatic carbocycles. The second-order valence-corrected chi connectivity index (χ2v) is 3.22. The van der Waals surface area contributed by atoms with Crippen LogP contribution in [0.25, 0.3) is 0 Å². The number of hydrogen-bond acceptors (Lipinski definition) is 2. The lowest BCUT2D eigenvalue weighted by atomic mass is 10.0. The molecular weight excluding hydrogens is 150 g/mol. The van der Waals surface area contributed by atoms with Gasteiger partial charge >= 0.3 is 0 Å². The summed E-state index contributed by atoms with van der Waals surface area (Å²) in [5.41, 5.74) is 5.61. The van der Waals surface area contributed by atoms with Crippen LogP contribution in [0.3, 0.4) is 0 Å². The lowest BCUT2D eigenvalue weighted by Gasteiger charge is -2.08. The van der Waals surface area contributed by atoms with E-state index in [4.69, 9.17) is 4.84 Å². The molecule has 0 bridgehead atoms. The van der Waals surface area contributed by atoms with Crippen LogP contribution in [0.2, 0.25) is 0 Å². The SMILES string of the molecule is Cc1ccc([C@@H]2CCON2)cc1. The average molecular weight is 163 g/mol. The molecule has 0 aliphatic carbocycles. The minimum Gasteiger partial charge on any atom is -0.301 e. The van der Waals surface area contributed by atoms with Crippen molar-refractivity contribution in [3.05, 3.63) is 35.4 Å². The minimum absolute atomic E-state index is 0.394. The van der Waals surface area contributed by atoms with E-state index in [-0.39, 0.29) is 0 Å². The smallest absolute Gasteiger partial charge is 0.0701 e. The molecule has 12 heavy (non-hydrogen) atoms. The maximum Gasteiger partial charge on any atom is 0.0701 e. The summed E-state index contributed by atoms with van der Waals surface area (Å²) in [5, 5.41) is 0. The second-order valence-electron chi connectivity index (χ2n) is 3.22. The average Bonchev–Trinajstić information content (AvgIpc) is 2.58. The molecule has 1 saturated heterocycles. The van der Waals surface area contributed by atoms with E-state index in [1.165, 1.54) is 11.1 Å². The van der Waals surface area contributed by atoms with Crippen LogP contribution in [0.4, 0.5) is 0 Å². The maximum atomic E-state index is 5.09. The molecule has 0 saturated carbocycles. The molecule has 0 aromatic heterocycles. The largest absolute Gasteiger partial charge is 0.301 e. The zero-order valence-corrected chi connectivity index (χ0v) is 7.21. The number of benzene rings is 1. The van der Waals surface area contributed by atoms with Gasteiger partial charge in [0.2, 0.25) is 0 Å². The molecule has 1 fully saturated rings. The third-order valence-corrected chi connectivity index (χ3v) is 2.21. The summed E-state index contributed by atoms with van der Waals surface area (Å²) in [6.07, 6.45) is 1.07. The van der Waals surface area contributed by atoms with E-state index in [1.54, 1.807) is 0 Å². The highest BCUT2D eigenvalue weighted by Gasteiger charge is 2.16. The topological polar surface area (TPSA) is 21.3 Å². The van der Waals surface area contributed by atoms with E-state index < -0.39 is 0 Å². The number of rotatable bonds is 1. The Balaban J connectivity index is 2.17. The van der Waals surface area contributed by atoms with Crippen molar-refractivity contribution in [1.29, 1.82) is 0 Å². The summed E-state index contributed by atoms with van der Waals surface area (Å²) in [4.78, 5) is 5.09. The monoisotopic (exact) mass is 163 g/mol. The van der Waals surface area contributed by atoms with E-state index in [2.05, 4.69) is 36.7 Å². The van der Waals surface area contributed by atoms with E-state index in [0.717, 1.165) is 13.0 Å². The Bertz CT molecular complexity index is 249. The minimum atomic E-state index is 0.394. The predicted octanol–water partition coefficient (Wildman–Crippen LogP) is 1.96. The van der Waals surface area contributed by atoms with Gasteiger partial charge in [-0.05, 0) is 18.9 Å². The van der Waals surface area contributed by atoms with Gasteiger partial charge in [-0.15, -0.1) is 0 Å². The predicted molar refractivity (Wildman–Crippen MR) is 47.6 cm³/mol. The van der Waals surface area contributed by atoms with Crippen molar-refractivity contribution in [1.82, 2.24) is 5.48 Å². The Labute approximate surface area is 72.5 Å². The molecule has 1 aromatic rings. The molecule has 2 nitrogen and oxygen atoms in total. The Morgan fingerprint density at radius 3 is 2.67 bits per heavy atom. The number of nitrogens with one attached hydrogen (secondary N) is 1. The summed E-state index contributed by atoms with van der Waals surface area (Å²) < 4.78 is 0. The van der Waals surface area contributed by atoms with Crippen molar-refractivity contribution in [2.24, 2.45) is 0 Å². The normalized spacial score (nSPS) is 22.9. The van der Waals surface area contributed by atoms with Gasteiger partial charge in [0.25, 0.3) is 0 Å². The third-order valence-electron chi connectivity index (χ3n) is 2.21. The van der Waals surface area contributed by atoms with Gasteiger partial charge in [-0.1, -0.05) is 29.8 Å². The Kier molecular flexibility index (Phi) is 2.11. The van der Waals surface area contributed by atoms with Crippen molar-refractivity contribution < 1.29 is 4.84 Å². The zero-order chi connectivity index (χ0) is 8.39. The van der Waals surface area contributed by atoms with Crippen LogP contribution in [0.1, 0.15) is 23.6 Å². The van der Waals surface area contributed by atoms with Crippen LogP contribution in [0.15, 0.2) is 24.3 Å². The van der Waals surface area contributed by atoms with E-state index in [0.29, 0.717) is 6.04 Å². The van der Waals surface area contributed by atoms with Crippen LogP contribution in [-0.4, -0.2) is 6.61 Å². The van der Waals surface area contributed by atoms with Crippen molar-refractivity contribution in [3.63, 3.8) is 0 Å². The molecule has 0 radical (unpaired) electrons. The van der Waals surface area contributed by atoms with E-state index in [9.17, 15) is 0 Å². The first-order valence-electron chi connectivity index (χ1n) is 4.30. The first-order chi connectivity index (χ1) is 5.86. The molecule has 0 amide bonds. The van der Waals surface area contributed by atoms with Crippen LogP contribution in [0, 0.1) is 6.92 Å². The fourth-order valence-corrected chi connectivity index (χ4v) is 1.43. The number of hydroxylamine groups is 1. The molecule has 2 rings (SSSR count). The van der Waals surface area contributed by atoms with Crippen molar-refractivity contribution in [2.75, 3.05) is 6.61 Å². The Morgan fingerprint density at radius 1 is 1.33 bits per heavy atom. The Morgan fingerprint density at radius 2 is 2.08 bits per heavy atom. The van der Waals surface area contributed by atoms with Gasteiger partial charge in [0.15, 0.2) is 0 Å². The summed E-state index contributed by atoms with van der Waals surface area (Å²) in [5.74, 6) is 0. The maximum absolute atomic E-state index is 5.09. The quantitative estimate of drug-likeness (QED) is 0.683. The molecular formula is C10H13NO. The van der Waals surface area contributed by atoms with Gasteiger partial charge < -0.3 is 4.84 Å². The van der Waals surface area contributed by atoms with Crippen LogP contribution >= 0.6 is 0 Å². The Hall–Kier alpha value is -0.860. The second kappa shape index (κ2) is 3.25. The molecule has 1 aliphatic heterocycles. The molecule has 2 heteroatoms. The third kappa shape index (κ3) is 1.49. The summed E-state index contributed by atoms with van der Waals surface area (Å²) in [7, 11) is 0. The molecule has 1 aliphatic rings. The number of hydrogen-bond donors (Lipinski definition) is 1. The highest BCUT2D eigenvalue weighted by Crippen LogP contribution is 2.20. The number of aryl methyl sites for hydroxylation is 1. The molecule has 1 heterocycles. The highest BCUT2D eigenvalue weighted by atomic mass is 16.7. The highest BCUT2D eigenvalue weighted by molar-refractivity contribution is 5.24. The summed E-state index contributed by atoms with van der Waals surface area (Å²) in [6, 6.07) is 8.97. The fourth-order valence-electron chi connectivity index (χ4n) is 1.43. The van der Waals surface area contributed by atoms with Crippen LogP contribution < -0.4 is 5.48 Å². The lowest BCUT2D eigenvalue weighted by Crippen LogP contribution is -2.10. The molecule has 1 N–H and O–H groups in total. The summed E-state index contributed by atoms with van der Waals surface area (Å²) in [6.45, 7) is 2.92. The standard InChI is InChI=1S/C10H13NO/c1-8-2-4-9(5-3-8)10-6-7-12-11-10/h2-5,10-11H,6-7H2,1H3/t10-/m0/s1. The first kappa shape index (κ1) is 7.77. The van der Waals surface area contributed by atoms with Crippen molar-refractivity contribution in [2.45, 2.75) is 19.4 Å². The van der Waals surface area contributed by atoms with Gasteiger partial charge in [-0.3, -0.25) is 0 Å². The van der Waals surface area contributed by atoms with Gasteiger partial charge in [0.1, 0.15) is 0 Å². The van der Waals surface area contributed by atoms with Gasteiger partial charge in [-0.2, -0.15) is 5.48 Å². The van der Waals surface area contributed by atoms with E-state index in [1.807, 2.05) is 0 Å². The summed E-state index contributed by atoms with van der Waals surface area (Å²) >= 11 is 0. The molecule has 0 unspecified atom stereocenters. The zero-order valence-electron chi connectivity index (χ0n) is 7.21. The molecule has 64 valence electrons. The molecule has 0 spiro atoms. The van der Waals surface area contributed by atoms with E-state index >= 15 is 0 Å². The van der Waals surface area contributed by atoms with Crippen LogP contribution in [0.5, 0.6) is 0 Å². The van der Waals surface area contributed by atoms with Gasteiger partial charge in [-0.25, -0.2) is 0 Å². The molecule has 1 atom stereocenters. The fraction of sp³-hybridized carbons (Fsp3) is 0.400. The van der Waals surface area contributed by atoms with Crippen molar-refractivity contribution in [3.8, 4) is 0 Å². The first-order valence-corrected chi connectivity index (χ1v) is 4.30.